The Bertz CT molecular complexity index is 1110. The van der Waals surface area contributed by atoms with E-state index in [1.54, 1.807) is 4.90 Å². The maximum Gasteiger partial charge on any atom is 0.240 e. The molecule has 0 aromatic heterocycles. The third kappa shape index (κ3) is 5.21. The molecule has 214 valence electrons. The Labute approximate surface area is 235 Å². The molecule has 5 rings (SSSR count). The van der Waals surface area contributed by atoms with Crippen LogP contribution in [0.25, 0.3) is 0 Å². The number of carbonyl (C=O) groups is 2. The van der Waals surface area contributed by atoms with E-state index in [0.717, 1.165) is 37.8 Å². The van der Waals surface area contributed by atoms with Crippen LogP contribution in [0.4, 0.5) is 5.69 Å². The molecule has 4 aliphatic carbocycles. The number of nitrogens with one attached hydrogen (secondary N) is 1. The summed E-state index contributed by atoms with van der Waals surface area (Å²) in [6.45, 7) is 13.0. The summed E-state index contributed by atoms with van der Waals surface area (Å²) in [5, 5.41) is 13.4. The monoisotopic (exact) mass is 534 g/mol. The molecule has 3 saturated carbocycles. The molecule has 0 aliphatic heterocycles. The van der Waals surface area contributed by atoms with Gasteiger partial charge in [0.1, 0.15) is 6.54 Å². The summed E-state index contributed by atoms with van der Waals surface area (Å²) in [4.78, 5) is 28.9. The number of aliphatic hydroxyl groups excluding tert-OH is 1. The quantitative estimate of drug-likeness (QED) is 0.423. The molecule has 0 spiro atoms. The van der Waals surface area contributed by atoms with E-state index >= 15 is 0 Å². The van der Waals surface area contributed by atoms with Gasteiger partial charge in [-0.2, -0.15) is 0 Å². The summed E-state index contributed by atoms with van der Waals surface area (Å²) in [7, 11) is 0. The van der Waals surface area contributed by atoms with Gasteiger partial charge < -0.3 is 15.3 Å². The highest BCUT2D eigenvalue weighted by atomic mass is 16.3. The minimum Gasteiger partial charge on any atom is -0.393 e. The van der Waals surface area contributed by atoms with Gasteiger partial charge in [0, 0.05) is 17.1 Å². The van der Waals surface area contributed by atoms with Crippen molar-refractivity contribution in [1.82, 2.24) is 5.32 Å². The minimum atomic E-state index is -0.347. The number of hydrogen-bond donors (Lipinski definition) is 2. The number of benzene rings is 1. The zero-order valence-corrected chi connectivity index (χ0v) is 25.0. The first-order valence-electron chi connectivity index (χ1n) is 15.4. The molecule has 0 radical (unpaired) electrons. The van der Waals surface area contributed by atoms with Crippen molar-refractivity contribution in [2.24, 2.45) is 40.4 Å². The summed E-state index contributed by atoms with van der Waals surface area (Å²) < 4.78 is 0. The van der Waals surface area contributed by atoms with E-state index in [1.165, 1.54) is 24.8 Å². The van der Waals surface area contributed by atoms with Crippen LogP contribution in [-0.4, -0.2) is 35.1 Å². The molecule has 1 aromatic carbocycles. The van der Waals surface area contributed by atoms with Crippen LogP contribution in [-0.2, 0) is 9.59 Å². The predicted octanol–water partition coefficient (Wildman–Crippen LogP) is 6.51. The number of nitrogens with zero attached hydrogens (tertiary/aromatic N) is 1. The Kier molecular flexibility index (Phi) is 7.54. The first kappa shape index (κ1) is 28.4. The molecule has 8 atom stereocenters. The molecule has 5 heteroatoms. The first-order chi connectivity index (χ1) is 18.3. The van der Waals surface area contributed by atoms with Crippen molar-refractivity contribution in [1.29, 1.82) is 0 Å². The Morgan fingerprint density at radius 1 is 1.05 bits per heavy atom. The molecule has 4 aliphatic rings. The Morgan fingerprint density at radius 2 is 1.77 bits per heavy atom. The molecule has 5 nitrogen and oxygen atoms in total. The van der Waals surface area contributed by atoms with Crippen LogP contribution in [0.15, 0.2) is 42.0 Å². The first-order valence-corrected chi connectivity index (χ1v) is 15.4. The van der Waals surface area contributed by atoms with Gasteiger partial charge in [-0.1, -0.05) is 50.6 Å². The third-order valence-electron chi connectivity index (χ3n) is 11.3. The highest BCUT2D eigenvalue weighted by Crippen LogP contribution is 2.67. The van der Waals surface area contributed by atoms with Crippen molar-refractivity contribution in [3.8, 4) is 0 Å². The van der Waals surface area contributed by atoms with Crippen molar-refractivity contribution in [2.75, 3.05) is 11.4 Å². The van der Waals surface area contributed by atoms with Crippen LogP contribution in [0.1, 0.15) is 92.9 Å². The van der Waals surface area contributed by atoms with E-state index in [1.807, 2.05) is 51.1 Å². The molecule has 0 heterocycles. The minimum absolute atomic E-state index is 0.0415. The second-order valence-corrected chi connectivity index (χ2v) is 14.7. The van der Waals surface area contributed by atoms with Gasteiger partial charge in [0.15, 0.2) is 0 Å². The van der Waals surface area contributed by atoms with E-state index < -0.39 is 0 Å². The molecule has 0 saturated heterocycles. The van der Waals surface area contributed by atoms with Crippen LogP contribution in [0.3, 0.4) is 0 Å². The molecular formula is C34H50N2O3. The van der Waals surface area contributed by atoms with Gasteiger partial charge in [-0.15, -0.1) is 0 Å². The van der Waals surface area contributed by atoms with E-state index in [4.69, 9.17) is 0 Å². The number of para-hydroxylation sites is 1. The molecule has 1 unspecified atom stereocenters. The topological polar surface area (TPSA) is 69.6 Å². The van der Waals surface area contributed by atoms with Gasteiger partial charge in [-0.25, -0.2) is 0 Å². The van der Waals surface area contributed by atoms with Crippen molar-refractivity contribution in [3.63, 3.8) is 0 Å². The number of anilines is 1. The summed E-state index contributed by atoms with van der Waals surface area (Å²) in [6.07, 6.45) is 11.0. The van der Waals surface area contributed by atoms with Crippen molar-refractivity contribution >= 4 is 17.5 Å². The number of rotatable bonds is 5. The molecule has 0 bridgehead atoms. The number of hydrogen-bond acceptors (Lipinski definition) is 3. The Hall–Kier alpha value is -2.14. The lowest BCUT2D eigenvalue weighted by molar-refractivity contribution is -0.129. The fourth-order valence-electron chi connectivity index (χ4n) is 9.43. The number of aliphatic hydroxyl groups is 1. The van der Waals surface area contributed by atoms with E-state index in [2.05, 4.69) is 32.2 Å². The number of fused-ring (bicyclic) bond motifs is 5. The van der Waals surface area contributed by atoms with Crippen LogP contribution < -0.4 is 10.2 Å². The van der Waals surface area contributed by atoms with Gasteiger partial charge in [-0.05, 0) is 119 Å². The largest absolute Gasteiger partial charge is 0.393 e. The standard InChI is InChI=1S/C34H50N2O3/c1-22(31(39)36(24-10-8-7-9-11-24)21-30(38)35-32(2,3)4)27-14-15-28-26-13-12-23-20-25(37)16-18-33(23,5)29(26)17-19-34(27,28)6/h7-12,22,25-29,37H,13-21H2,1-6H3,(H,35,38)/t22?,25-,26-,27+,28-,29-,33-,34+/m0/s1. The van der Waals surface area contributed by atoms with Crippen LogP contribution in [0.2, 0.25) is 0 Å². The van der Waals surface area contributed by atoms with Gasteiger partial charge in [-0.3, -0.25) is 9.59 Å². The lowest BCUT2D eigenvalue weighted by atomic mass is 9.47. The van der Waals surface area contributed by atoms with Crippen molar-refractivity contribution in [2.45, 2.75) is 105 Å². The van der Waals surface area contributed by atoms with Crippen LogP contribution in [0.5, 0.6) is 0 Å². The molecule has 2 N–H and O–H groups in total. The van der Waals surface area contributed by atoms with E-state index in [9.17, 15) is 14.7 Å². The number of allylic oxidation sites excluding steroid dienone is 1. The molecule has 2 amide bonds. The lowest BCUT2D eigenvalue weighted by Gasteiger charge is -2.58. The second-order valence-electron chi connectivity index (χ2n) is 14.7. The fraction of sp³-hybridized carbons (Fsp3) is 0.706. The highest BCUT2D eigenvalue weighted by molar-refractivity contribution is 6.00. The normalized spacial score (nSPS) is 36.6. The average Bonchev–Trinajstić information content (AvgIpc) is 3.23. The number of carbonyl (C=O) groups excluding carboxylic acids is 2. The van der Waals surface area contributed by atoms with Gasteiger partial charge in [0.05, 0.1) is 6.10 Å². The third-order valence-corrected chi connectivity index (χ3v) is 11.3. The molecular weight excluding hydrogens is 484 g/mol. The molecule has 1 aromatic rings. The average molecular weight is 535 g/mol. The zero-order chi connectivity index (χ0) is 28.2. The fourth-order valence-corrected chi connectivity index (χ4v) is 9.43. The summed E-state index contributed by atoms with van der Waals surface area (Å²) in [5.74, 6) is 2.11. The molecule has 39 heavy (non-hydrogen) atoms. The summed E-state index contributed by atoms with van der Waals surface area (Å²) >= 11 is 0. The Balaban J connectivity index is 1.37. The summed E-state index contributed by atoms with van der Waals surface area (Å²) in [5.41, 5.74) is 2.33. The zero-order valence-electron chi connectivity index (χ0n) is 25.0. The number of amides is 2. The van der Waals surface area contributed by atoms with E-state index in [-0.39, 0.29) is 46.7 Å². The predicted molar refractivity (Wildman–Crippen MR) is 157 cm³/mol. The highest BCUT2D eigenvalue weighted by Gasteiger charge is 2.60. The van der Waals surface area contributed by atoms with Crippen LogP contribution >= 0.6 is 0 Å². The maximum absolute atomic E-state index is 14.2. The SMILES string of the molecule is CC(C(=O)N(CC(=O)NC(C)(C)C)c1ccccc1)[C@H]1CC[C@H]2[C@@H]3CC=C4C[C@@H](O)CC[C@]4(C)[C@H]3CC[C@]12C. The van der Waals surface area contributed by atoms with Crippen molar-refractivity contribution in [3.05, 3.63) is 42.0 Å². The summed E-state index contributed by atoms with van der Waals surface area (Å²) in [6, 6.07) is 9.70. The second kappa shape index (κ2) is 10.4. The lowest BCUT2D eigenvalue weighted by Crippen LogP contribution is -2.52. The smallest absolute Gasteiger partial charge is 0.240 e. The maximum atomic E-state index is 14.2. The van der Waals surface area contributed by atoms with Crippen molar-refractivity contribution < 1.29 is 14.7 Å². The van der Waals surface area contributed by atoms with Gasteiger partial charge >= 0.3 is 0 Å². The van der Waals surface area contributed by atoms with Gasteiger partial charge in [0.25, 0.3) is 0 Å². The molecule has 3 fully saturated rings. The van der Waals surface area contributed by atoms with Gasteiger partial charge in [0.2, 0.25) is 11.8 Å². The Morgan fingerprint density at radius 3 is 2.46 bits per heavy atom. The van der Waals surface area contributed by atoms with E-state index in [0.29, 0.717) is 23.7 Å². The van der Waals surface area contributed by atoms with Crippen LogP contribution in [0, 0.1) is 40.4 Å².